The lowest BCUT2D eigenvalue weighted by Crippen LogP contribution is -2.22. The number of hydrogen-bond acceptors (Lipinski definition) is 2. The third-order valence-electron chi connectivity index (χ3n) is 7.07. The van der Waals surface area contributed by atoms with Crippen LogP contribution in [-0.2, 0) is 6.42 Å². The van der Waals surface area contributed by atoms with E-state index >= 15 is 0 Å². The van der Waals surface area contributed by atoms with Gasteiger partial charge in [-0.1, -0.05) is 106 Å². The fraction of sp³-hybridized carbons (Fsp3) is 0.179. The van der Waals surface area contributed by atoms with E-state index in [4.69, 9.17) is 0 Å². The molecular weight excluding hydrogens is 524 g/mol. The lowest BCUT2D eigenvalue weighted by molar-refractivity contribution is 0.964. The molecule has 0 amide bonds. The predicted octanol–water partition coefficient (Wildman–Crippen LogP) is 8.58. The summed E-state index contributed by atoms with van der Waals surface area (Å²) < 4.78 is 0. The average Bonchev–Trinajstić information content (AvgIpc) is 3.62. The van der Waals surface area contributed by atoms with Crippen molar-refractivity contribution in [1.29, 1.82) is 0 Å². The number of nitrogens with one attached hydrogen (secondary N) is 2. The third kappa shape index (κ3) is 8.30. The Morgan fingerprint density at radius 2 is 1.67 bits per heavy atom. The normalized spacial score (nSPS) is 13.0. The molecule has 0 atom stereocenters. The highest BCUT2D eigenvalue weighted by Gasteiger charge is 2.15. The first-order valence-electron chi connectivity index (χ1n) is 14.9. The largest absolute Gasteiger partial charge is 0.357 e. The number of benzene rings is 1. The van der Waals surface area contributed by atoms with Crippen molar-refractivity contribution in [2.45, 2.75) is 47.5 Å². The Balaban J connectivity index is 0.00000248. The van der Waals surface area contributed by atoms with E-state index in [1.165, 1.54) is 11.1 Å². The number of aromatic nitrogens is 4. The summed E-state index contributed by atoms with van der Waals surface area (Å²) in [6.45, 7) is 22.4. The second kappa shape index (κ2) is 16.5. The van der Waals surface area contributed by atoms with E-state index in [2.05, 4.69) is 115 Å². The summed E-state index contributed by atoms with van der Waals surface area (Å²) in [4.78, 5) is 8.10. The van der Waals surface area contributed by atoms with E-state index in [9.17, 15) is 0 Å². The molecule has 0 aliphatic rings. The minimum Gasteiger partial charge on any atom is -0.357 e. The molecule has 0 aliphatic heterocycles. The van der Waals surface area contributed by atoms with Crippen LogP contribution in [-0.4, -0.2) is 20.2 Å². The Labute approximate surface area is 257 Å². The Morgan fingerprint density at radius 1 is 0.953 bits per heavy atom. The summed E-state index contributed by atoms with van der Waals surface area (Å²) in [5.41, 5.74) is 10.4. The zero-order chi connectivity index (χ0) is 31.2. The molecule has 4 nitrogen and oxygen atoms in total. The van der Waals surface area contributed by atoms with Gasteiger partial charge in [0, 0.05) is 28.2 Å². The van der Waals surface area contributed by atoms with Crippen LogP contribution in [0, 0.1) is 6.92 Å². The van der Waals surface area contributed by atoms with Crippen molar-refractivity contribution >= 4 is 18.2 Å². The van der Waals surface area contributed by atoms with E-state index in [-0.39, 0.29) is 0 Å². The van der Waals surface area contributed by atoms with Gasteiger partial charge in [0.25, 0.3) is 0 Å². The summed E-state index contributed by atoms with van der Waals surface area (Å²) in [7, 11) is 0. The average molecular weight is 569 g/mol. The SMILES string of the molecule is C=C/C=C(/c1ccccn1)c1cc(-c2n[nH]c(=C)\c2=C/C(=C\C)C(/C=C(\C=C)CCc2ccccc2)=C/C)[nH]c1C.CC. The van der Waals surface area contributed by atoms with Crippen molar-refractivity contribution in [1.82, 2.24) is 20.2 Å². The highest BCUT2D eigenvalue weighted by molar-refractivity contribution is 5.82. The Bertz CT molecular complexity index is 1740. The van der Waals surface area contributed by atoms with Gasteiger partial charge in [-0.05, 0) is 80.2 Å². The van der Waals surface area contributed by atoms with Gasteiger partial charge in [-0.15, -0.1) is 0 Å². The highest BCUT2D eigenvalue weighted by atomic mass is 15.1. The molecule has 4 rings (SSSR count). The van der Waals surface area contributed by atoms with Crippen LogP contribution in [0.4, 0.5) is 0 Å². The van der Waals surface area contributed by atoms with Crippen molar-refractivity contribution < 1.29 is 0 Å². The molecule has 4 aromatic rings. The molecule has 0 radical (unpaired) electrons. The van der Waals surface area contributed by atoms with Crippen molar-refractivity contribution in [2.75, 3.05) is 0 Å². The number of hydrogen-bond donors (Lipinski definition) is 2. The maximum Gasteiger partial charge on any atom is 0.116 e. The van der Waals surface area contributed by atoms with Crippen LogP contribution in [0.1, 0.15) is 56.6 Å². The molecule has 0 fully saturated rings. The van der Waals surface area contributed by atoms with Gasteiger partial charge in [0.15, 0.2) is 0 Å². The summed E-state index contributed by atoms with van der Waals surface area (Å²) in [5, 5.41) is 9.44. The summed E-state index contributed by atoms with van der Waals surface area (Å²) in [6.07, 6.45) is 18.1. The number of aryl methyl sites for hydroxylation is 2. The fourth-order valence-electron chi connectivity index (χ4n) is 4.85. The van der Waals surface area contributed by atoms with Crippen molar-refractivity contribution in [3.8, 4) is 11.4 Å². The van der Waals surface area contributed by atoms with Gasteiger partial charge in [-0.25, -0.2) is 0 Å². The fourth-order valence-corrected chi connectivity index (χ4v) is 4.85. The molecule has 0 unspecified atom stereocenters. The van der Waals surface area contributed by atoms with Crippen molar-refractivity contribution in [2.24, 2.45) is 0 Å². The molecule has 220 valence electrons. The molecule has 1 aromatic carbocycles. The molecule has 2 N–H and O–H groups in total. The van der Waals surface area contributed by atoms with Gasteiger partial charge in [-0.3, -0.25) is 10.1 Å². The quantitative estimate of drug-likeness (QED) is 0.178. The first kappa shape index (κ1) is 32.6. The van der Waals surface area contributed by atoms with E-state index in [1.807, 2.05) is 50.3 Å². The zero-order valence-corrected chi connectivity index (χ0v) is 26.2. The van der Waals surface area contributed by atoms with Gasteiger partial charge < -0.3 is 4.98 Å². The molecule has 0 aliphatic carbocycles. The van der Waals surface area contributed by atoms with Crippen LogP contribution >= 0.6 is 0 Å². The second-order valence-corrected chi connectivity index (χ2v) is 9.76. The maximum atomic E-state index is 4.65. The monoisotopic (exact) mass is 568 g/mol. The first-order chi connectivity index (χ1) is 21.0. The van der Waals surface area contributed by atoms with Crippen LogP contribution in [0.15, 0.2) is 127 Å². The molecule has 3 aromatic heterocycles. The van der Waals surface area contributed by atoms with Crippen LogP contribution < -0.4 is 10.6 Å². The Morgan fingerprint density at radius 3 is 2.30 bits per heavy atom. The topological polar surface area (TPSA) is 57.4 Å². The molecule has 0 spiro atoms. The molecule has 43 heavy (non-hydrogen) atoms. The first-order valence-corrected chi connectivity index (χ1v) is 14.9. The van der Waals surface area contributed by atoms with Crippen LogP contribution in [0.25, 0.3) is 29.6 Å². The van der Waals surface area contributed by atoms with E-state index in [0.717, 1.165) is 68.5 Å². The second-order valence-electron chi connectivity index (χ2n) is 9.76. The maximum absolute atomic E-state index is 4.65. The van der Waals surface area contributed by atoms with Gasteiger partial charge in [0.1, 0.15) is 5.69 Å². The van der Waals surface area contributed by atoms with Gasteiger partial charge in [-0.2, -0.15) is 5.10 Å². The third-order valence-corrected chi connectivity index (χ3v) is 7.07. The van der Waals surface area contributed by atoms with Gasteiger partial charge >= 0.3 is 0 Å². The Hall–Kier alpha value is -4.96. The lowest BCUT2D eigenvalue weighted by atomic mass is 9.97. The number of H-pyrrole nitrogens is 2. The summed E-state index contributed by atoms with van der Waals surface area (Å²) >= 11 is 0. The molecule has 0 bridgehead atoms. The minimum absolute atomic E-state index is 0.757. The van der Waals surface area contributed by atoms with Crippen LogP contribution in [0.3, 0.4) is 0 Å². The molecule has 4 heteroatoms. The number of allylic oxidation sites excluding steroid dienone is 9. The van der Waals surface area contributed by atoms with Crippen molar-refractivity contribution in [3.05, 3.63) is 160 Å². The summed E-state index contributed by atoms with van der Waals surface area (Å²) in [5.74, 6) is 0. The highest BCUT2D eigenvalue weighted by Crippen LogP contribution is 2.28. The van der Waals surface area contributed by atoms with E-state index in [0.29, 0.717) is 0 Å². The molecule has 0 saturated carbocycles. The Kier molecular flexibility index (Phi) is 12.5. The molecule has 3 heterocycles. The van der Waals surface area contributed by atoms with Gasteiger partial charge in [0.05, 0.1) is 16.7 Å². The van der Waals surface area contributed by atoms with Crippen molar-refractivity contribution in [3.63, 3.8) is 0 Å². The molecule has 0 saturated heterocycles. The number of pyridine rings is 1. The van der Waals surface area contributed by atoms with Crippen LogP contribution in [0.5, 0.6) is 0 Å². The molecular formula is C39H44N4. The standard InChI is InChI=1S/C37H38N4.C2H6/c1-7-16-32(35-19-14-15-22-38-35)33-25-36(39-26(33)5)37-34(27(6)40-41-37)24-31(10-4)30(9-3)23-28(8-2)20-21-29-17-12-11-13-18-29;1-2/h7-19,22-25,39-40H,1-2,6,20-21H2,3-5H3;1-2H3/b28-23+,30-9+,31-10+,32-16+,34-24+;. The smallest absolute Gasteiger partial charge is 0.116 e. The number of nitrogens with zero attached hydrogens (tertiary/aromatic N) is 2. The van der Waals surface area contributed by atoms with E-state index in [1.54, 1.807) is 12.3 Å². The van der Waals surface area contributed by atoms with Gasteiger partial charge in [0.2, 0.25) is 0 Å². The number of rotatable bonds is 11. The van der Waals surface area contributed by atoms with Crippen LogP contribution in [0.2, 0.25) is 0 Å². The lowest BCUT2D eigenvalue weighted by Gasteiger charge is -2.08. The number of aromatic amines is 2. The zero-order valence-electron chi connectivity index (χ0n) is 26.2. The predicted molar refractivity (Wildman–Crippen MR) is 186 cm³/mol. The summed E-state index contributed by atoms with van der Waals surface area (Å²) in [6, 6.07) is 18.6. The van der Waals surface area contributed by atoms with E-state index < -0.39 is 0 Å². The minimum atomic E-state index is 0.757.